The van der Waals surface area contributed by atoms with E-state index in [1.807, 2.05) is 0 Å². The molecule has 0 saturated carbocycles. The lowest BCUT2D eigenvalue weighted by atomic mass is 9.98. The van der Waals surface area contributed by atoms with Gasteiger partial charge in [-0.2, -0.15) is 0 Å². The Morgan fingerprint density at radius 3 is 1.28 bits per heavy atom. The molecule has 11 heteroatoms. The maximum atomic E-state index is 13.1. The maximum Gasteiger partial charge on any atom is 0.305 e. The molecule has 8 atom stereocenters. The van der Waals surface area contributed by atoms with Crippen LogP contribution in [0.4, 0.5) is 0 Å². The van der Waals surface area contributed by atoms with Crippen molar-refractivity contribution in [2.24, 2.45) is 0 Å². The van der Waals surface area contributed by atoms with Crippen LogP contribution in [0.15, 0.2) is 0 Å². The van der Waals surface area contributed by atoms with Crippen LogP contribution in [0, 0.1) is 0 Å². The molecule has 6 N–H and O–H groups in total. The van der Waals surface area contributed by atoms with E-state index >= 15 is 0 Å². The maximum absolute atomic E-state index is 13.1. The molecule has 0 aromatic rings. The second-order valence-corrected chi connectivity index (χ2v) is 19.3. The number of carbonyl (C=O) groups is 2. The molecule has 0 spiro atoms. The number of esters is 1. The summed E-state index contributed by atoms with van der Waals surface area (Å²) < 4.78 is 16.6. The first-order chi connectivity index (χ1) is 31.2. The Labute approximate surface area is 392 Å². The second-order valence-electron chi connectivity index (χ2n) is 19.3. The molecule has 64 heavy (non-hydrogen) atoms. The van der Waals surface area contributed by atoms with E-state index in [0.29, 0.717) is 12.8 Å². The van der Waals surface area contributed by atoms with Crippen LogP contribution >= 0.6 is 0 Å². The van der Waals surface area contributed by atoms with Gasteiger partial charge in [0.25, 0.3) is 0 Å². The summed E-state index contributed by atoms with van der Waals surface area (Å²) in [6.45, 7) is 5.47. The fraction of sp³-hybridized carbons (Fsp3) is 0.962. The minimum Gasteiger partial charge on any atom is -0.463 e. The lowest BCUT2D eigenvalue weighted by Gasteiger charge is -2.40. The van der Waals surface area contributed by atoms with Crippen molar-refractivity contribution in [1.29, 1.82) is 0 Å². The summed E-state index contributed by atoms with van der Waals surface area (Å²) in [5.41, 5.74) is 0. The van der Waals surface area contributed by atoms with Crippen LogP contribution in [0.5, 0.6) is 0 Å². The number of carbonyl (C=O) groups excluding carboxylic acids is 2. The van der Waals surface area contributed by atoms with Crippen molar-refractivity contribution in [3.63, 3.8) is 0 Å². The molecule has 0 bridgehead atoms. The van der Waals surface area contributed by atoms with Crippen LogP contribution in [0.25, 0.3) is 0 Å². The Balaban J connectivity index is 2.38. The van der Waals surface area contributed by atoms with E-state index in [4.69, 9.17) is 14.2 Å². The molecule has 1 amide bonds. The zero-order valence-electron chi connectivity index (χ0n) is 41.7. The fourth-order valence-corrected chi connectivity index (χ4v) is 8.88. The molecule has 0 unspecified atom stereocenters. The molecule has 0 aromatic carbocycles. The highest BCUT2D eigenvalue weighted by Gasteiger charge is 2.45. The van der Waals surface area contributed by atoms with Gasteiger partial charge in [-0.25, -0.2) is 0 Å². The molecule has 1 fully saturated rings. The first-order valence-corrected chi connectivity index (χ1v) is 27.3. The van der Waals surface area contributed by atoms with Gasteiger partial charge in [0.1, 0.15) is 37.1 Å². The second kappa shape index (κ2) is 43.0. The lowest BCUT2D eigenvalue weighted by Crippen LogP contribution is -2.60. The van der Waals surface area contributed by atoms with Crippen LogP contribution in [0.3, 0.4) is 0 Å². The van der Waals surface area contributed by atoms with Gasteiger partial charge >= 0.3 is 5.97 Å². The van der Waals surface area contributed by atoms with Crippen LogP contribution < -0.4 is 5.32 Å². The third-order valence-corrected chi connectivity index (χ3v) is 13.3. The Morgan fingerprint density at radius 1 is 0.516 bits per heavy atom. The molecule has 1 aliphatic heterocycles. The molecule has 0 radical (unpaired) electrons. The number of hydrogen-bond donors (Lipinski definition) is 6. The van der Waals surface area contributed by atoms with Crippen molar-refractivity contribution in [3.05, 3.63) is 0 Å². The molecule has 1 rings (SSSR count). The molecule has 380 valence electrons. The van der Waals surface area contributed by atoms with Crippen molar-refractivity contribution in [2.45, 2.75) is 314 Å². The van der Waals surface area contributed by atoms with Crippen molar-refractivity contribution in [3.8, 4) is 0 Å². The van der Waals surface area contributed by atoms with Crippen molar-refractivity contribution < 1.29 is 49.3 Å². The van der Waals surface area contributed by atoms with Gasteiger partial charge in [-0.15, -0.1) is 0 Å². The van der Waals surface area contributed by atoms with E-state index in [1.54, 1.807) is 6.92 Å². The fourth-order valence-electron chi connectivity index (χ4n) is 8.88. The van der Waals surface area contributed by atoms with Crippen LogP contribution in [-0.4, -0.2) is 99.6 Å². The van der Waals surface area contributed by atoms with E-state index in [1.165, 1.54) is 173 Å². The highest BCUT2D eigenvalue weighted by Crippen LogP contribution is 2.24. The number of amides is 1. The van der Waals surface area contributed by atoms with Gasteiger partial charge in [0.05, 0.1) is 18.8 Å². The highest BCUT2D eigenvalue weighted by molar-refractivity contribution is 5.76. The van der Waals surface area contributed by atoms with Gasteiger partial charge in [-0.1, -0.05) is 239 Å². The number of aliphatic hydroxyl groups excluding tert-OH is 5. The van der Waals surface area contributed by atoms with Gasteiger partial charge in [-0.3, -0.25) is 9.59 Å². The number of nitrogens with one attached hydrogen (secondary N) is 1. The Hall–Kier alpha value is -1.34. The molecule has 11 nitrogen and oxygen atoms in total. The summed E-state index contributed by atoms with van der Waals surface area (Å²) in [6, 6.07) is -1.01. The van der Waals surface area contributed by atoms with E-state index < -0.39 is 54.9 Å². The standard InChI is InChI=1S/C53H103NO10/c1-4-7-9-11-13-15-17-19-20-21-22-23-24-25-26-27-28-29-31-33-35-37-39-41-47(56)54-44(42-63-53-52(61)51(60)50(59)46(64-53)43-62-48(57)6-3)49(58)45(55)40-38-36-34-32-30-18-16-14-12-10-8-5-2/h44-46,49-53,55,58-61H,4-43H2,1-3H3,(H,54,56)/t44-,45+,46+,49-,50-,51-,52+,53-/m0/s1. The summed E-state index contributed by atoms with van der Waals surface area (Å²) in [6.07, 6.45) is 35.1. The molecular weight excluding hydrogens is 811 g/mol. The van der Waals surface area contributed by atoms with Crippen molar-refractivity contribution >= 4 is 11.9 Å². The third kappa shape index (κ3) is 32.4. The van der Waals surface area contributed by atoms with Gasteiger partial charge in [0, 0.05) is 12.8 Å². The zero-order valence-corrected chi connectivity index (χ0v) is 41.7. The van der Waals surface area contributed by atoms with Crippen molar-refractivity contribution in [1.82, 2.24) is 5.32 Å². The van der Waals surface area contributed by atoms with Gasteiger partial charge in [-0.05, 0) is 12.8 Å². The molecule has 1 saturated heterocycles. The quantitative estimate of drug-likeness (QED) is 0.0255. The Kier molecular flexibility index (Phi) is 40.7. The minimum atomic E-state index is -1.64. The van der Waals surface area contributed by atoms with Crippen LogP contribution in [-0.2, 0) is 23.8 Å². The van der Waals surface area contributed by atoms with Crippen LogP contribution in [0.2, 0.25) is 0 Å². The van der Waals surface area contributed by atoms with E-state index in [9.17, 15) is 35.1 Å². The largest absolute Gasteiger partial charge is 0.463 e. The number of aliphatic hydroxyl groups is 5. The predicted molar refractivity (Wildman–Crippen MR) is 260 cm³/mol. The molecule has 1 aliphatic rings. The SMILES string of the molecule is CCCCCCCCCCCCCCCCCCCCCCCCCC(=O)N[C@@H](CO[C@H]1O[C@H](COC(=O)CC)[C@H](O)[C@H](O)[C@H]1O)[C@H](O)[C@H](O)CCCCCCCCCCCCCC. The molecular formula is C53H103NO10. The van der Waals surface area contributed by atoms with Gasteiger partial charge in [0.2, 0.25) is 5.91 Å². The average molecular weight is 914 g/mol. The Bertz CT molecular complexity index is 1050. The number of unbranched alkanes of at least 4 members (excludes halogenated alkanes) is 33. The topological polar surface area (TPSA) is 175 Å². The summed E-state index contributed by atoms with van der Waals surface area (Å²) >= 11 is 0. The molecule has 0 aliphatic carbocycles. The summed E-state index contributed by atoms with van der Waals surface area (Å²) in [4.78, 5) is 24.9. The van der Waals surface area contributed by atoms with Crippen LogP contribution in [0.1, 0.15) is 265 Å². The highest BCUT2D eigenvalue weighted by atomic mass is 16.7. The van der Waals surface area contributed by atoms with E-state index in [2.05, 4.69) is 19.2 Å². The summed E-state index contributed by atoms with van der Waals surface area (Å²) in [5.74, 6) is -0.777. The summed E-state index contributed by atoms with van der Waals surface area (Å²) in [7, 11) is 0. The smallest absolute Gasteiger partial charge is 0.305 e. The minimum absolute atomic E-state index is 0.119. The van der Waals surface area contributed by atoms with E-state index in [0.717, 1.165) is 44.9 Å². The third-order valence-electron chi connectivity index (χ3n) is 13.3. The van der Waals surface area contributed by atoms with Crippen molar-refractivity contribution in [2.75, 3.05) is 13.2 Å². The molecule has 1 heterocycles. The Morgan fingerprint density at radius 2 is 0.891 bits per heavy atom. The number of hydrogen-bond acceptors (Lipinski definition) is 10. The lowest BCUT2D eigenvalue weighted by molar-refractivity contribution is -0.303. The summed E-state index contributed by atoms with van der Waals surface area (Å²) in [5, 5.41) is 56.7. The molecule has 0 aromatic heterocycles. The van der Waals surface area contributed by atoms with E-state index in [-0.39, 0.29) is 32.0 Å². The zero-order chi connectivity index (χ0) is 46.9. The number of rotatable bonds is 46. The first kappa shape index (κ1) is 60.7. The van der Waals surface area contributed by atoms with Gasteiger partial charge in [0.15, 0.2) is 6.29 Å². The van der Waals surface area contributed by atoms with Gasteiger partial charge < -0.3 is 45.1 Å². The average Bonchev–Trinajstić information content (AvgIpc) is 3.29. The first-order valence-electron chi connectivity index (χ1n) is 27.3. The monoisotopic (exact) mass is 914 g/mol. The predicted octanol–water partition coefficient (Wildman–Crippen LogP) is 11.4. The normalized spacial score (nSPS) is 20.3. The number of ether oxygens (including phenoxy) is 3.